The fraction of sp³-hybridized carbons (Fsp3) is 0. The number of rotatable bonds is 3. The number of amides is 2. The first-order valence-corrected chi connectivity index (χ1v) is 9.74. The summed E-state index contributed by atoms with van der Waals surface area (Å²) < 4.78 is 14.0. The molecule has 0 aromatic heterocycles. The molecule has 1 heterocycles. The van der Waals surface area contributed by atoms with Crippen LogP contribution in [-0.4, -0.2) is 16.9 Å². The van der Waals surface area contributed by atoms with E-state index in [2.05, 4.69) is 5.32 Å². The van der Waals surface area contributed by atoms with Gasteiger partial charge in [0.05, 0.1) is 5.69 Å². The van der Waals surface area contributed by atoms with Crippen molar-refractivity contribution in [1.82, 2.24) is 5.32 Å². The summed E-state index contributed by atoms with van der Waals surface area (Å²) in [6.07, 6.45) is 1.48. The number of nitrogens with one attached hydrogen (secondary N) is 1. The molecule has 30 heavy (non-hydrogen) atoms. The van der Waals surface area contributed by atoms with Crippen molar-refractivity contribution in [3.8, 4) is 11.1 Å². The molecule has 148 valence electrons. The van der Waals surface area contributed by atoms with Crippen LogP contribution < -0.4 is 10.2 Å². The van der Waals surface area contributed by atoms with E-state index in [1.165, 1.54) is 17.0 Å². The number of thiocarbonyl (C=S) groups is 1. The van der Waals surface area contributed by atoms with Gasteiger partial charge < -0.3 is 0 Å². The van der Waals surface area contributed by atoms with Crippen LogP contribution in [0.25, 0.3) is 17.2 Å². The van der Waals surface area contributed by atoms with Crippen LogP contribution in [-0.2, 0) is 9.59 Å². The van der Waals surface area contributed by atoms with Crippen molar-refractivity contribution in [1.29, 1.82) is 0 Å². The van der Waals surface area contributed by atoms with Crippen molar-refractivity contribution < 1.29 is 14.0 Å². The Hall–Kier alpha value is -3.35. The first-order chi connectivity index (χ1) is 14.4. The van der Waals surface area contributed by atoms with Gasteiger partial charge in [-0.05, 0) is 59.8 Å². The maximum atomic E-state index is 14.0. The fourth-order valence-electron chi connectivity index (χ4n) is 3.10. The fourth-order valence-corrected chi connectivity index (χ4v) is 3.51. The highest BCUT2D eigenvalue weighted by atomic mass is 35.5. The topological polar surface area (TPSA) is 49.4 Å². The Kier molecular flexibility index (Phi) is 5.44. The highest BCUT2D eigenvalue weighted by Crippen LogP contribution is 2.26. The van der Waals surface area contributed by atoms with Crippen LogP contribution in [0, 0.1) is 5.82 Å². The Morgan fingerprint density at radius 2 is 1.60 bits per heavy atom. The van der Waals surface area contributed by atoms with E-state index >= 15 is 0 Å². The second-order valence-electron chi connectivity index (χ2n) is 6.54. The van der Waals surface area contributed by atoms with Crippen molar-refractivity contribution in [2.24, 2.45) is 0 Å². The Labute approximate surface area is 182 Å². The molecule has 1 saturated heterocycles. The van der Waals surface area contributed by atoms with E-state index in [0.29, 0.717) is 27.4 Å². The molecule has 0 atom stereocenters. The molecular formula is C23H14ClFN2O2S. The van der Waals surface area contributed by atoms with Crippen LogP contribution in [0.2, 0.25) is 5.02 Å². The van der Waals surface area contributed by atoms with E-state index in [9.17, 15) is 14.0 Å². The Balaban J connectivity index is 1.66. The molecule has 3 aromatic rings. The maximum absolute atomic E-state index is 14.0. The molecule has 1 aliphatic rings. The summed E-state index contributed by atoms with van der Waals surface area (Å²) in [6, 6.07) is 19.9. The SMILES string of the molecule is O=C1NC(=S)N(c2ccc(Cl)cc2)C(=O)C1=Cc1ccc(-c2ccccc2F)cc1. The highest BCUT2D eigenvalue weighted by Gasteiger charge is 2.34. The van der Waals surface area contributed by atoms with Crippen LogP contribution in [0.4, 0.5) is 10.1 Å². The third-order valence-electron chi connectivity index (χ3n) is 4.59. The van der Waals surface area contributed by atoms with Crippen LogP contribution in [0.15, 0.2) is 78.4 Å². The first-order valence-electron chi connectivity index (χ1n) is 8.96. The summed E-state index contributed by atoms with van der Waals surface area (Å²) in [5.74, 6) is -1.43. The zero-order chi connectivity index (χ0) is 21.3. The molecule has 0 aliphatic carbocycles. The molecule has 0 spiro atoms. The number of halogens is 2. The molecule has 1 fully saturated rings. The molecule has 1 aliphatic heterocycles. The number of anilines is 1. The number of carbonyl (C=O) groups is 2. The second kappa shape index (κ2) is 8.18. The largest absolute Gasteiger partial charge is 0.298 e. The normalized spacial score (nSPS) is 15.5. The Morgan fingerprint density at radius 3 is 2.27 bits per heavy atom. The van der Waals surface area contributed by atoms with E-state index in [4.69, 9.17) is 23.8 Å². The van der Waals surface area contributed by atoms with Gasteiger partial charge in [0.1, 0.15) is 11.4 Å². The van der Waals surface area contributed by atoms with Crippen molar-refractivity contribution in [2.45, 2.75) is 0 Å². The van der Waals surface area contributed by atoms with E-state index in [1.807, 2.05) is 0 Å². The smallest absolute Gasteiger partial charge is 0.270 e. The third-order valence-corrected chi connectivity index (χ3v) is 5.13. The molecule has 4 nitrogen and oxygen atoms in total. The minimum atomic E-state index is -0.576. The third kappa shape index (κ3) is 3.87. The number of hydrogen-bond acceptors (Lipinski definition) is 3. The van der Waals surface area contributed by atoms with Gasteiger partial charge in [-0.25, -0.2) is 4.39 Å². The van der Waals surface area contributed by atoms with E-state index in [0.717, 1.165) is 0 Å². The standard InChI is InChI=1S/C23H14ClFN2O2S/c24-16-9-11-17(12-10-16)27-22(29)19(21(28)26-23(27)30)13-14-5-7-15(8-6-14)18-3-1-2-4-20(18)25/h1-13H,(H,26,28,30). The number of nitrogens with zero attached hydrogens (tertiary/aromatic N) is 1. The number of benzene rings is 3. The lowest BCUT2D eigenvalue weighted by molar-refractivity contribution is -0.122. The first kappa shape index (κ1) is 19.9. The van der Waals surface area contributed by atoms with Gasteiger partial charge in [-0.2, -0.15) is 0 Å². The zero-order valence-electron chi connectivity index (χ0n) is 15.4. The molecule has 0 unspecified atom stereocenters. The molecule has 2 amide bonds. The number of hydrogen-bond donors (Lipinski definition) is 1. The van der Waals surface area contributed by atoms with Gasteiger partial charge in [0, 0.05) is 10.6 Å². The molecule has 4 rings (SSSR count). The Bertz CT molecular complexity index is 1190. The Morgan fingerprint density at radius 1 is 0.933 bits per heavy atom. The summed E-state index contributed by atoms with van der Waals surface area (Å²) in [4.78, 5) is 26.6. The van der Waals surface area contributed by atoms with Crippen LogP contribution in [0.5, 0.6) is 0 Å². The van der Waals surface area contributed by atoms with Crippen molar-refractivity contribution in [3.05, 3.63) is 94.8 Å². The van der Waals surface area contributed by atoms with E-state index in [-0.39, 0.29) is 16.5 Å². The van der Waals surface area contributed by atoms with Gasteiger partial charge in [-0.3, -0.25) is 19.8 Å². The van der Waals surface area contributed by atoms with Gasteiger partial charge in [0.25, 0.3) is 11.8 Å². The molecule has 0 radical (unpaired) electrons. The van der Waals surface area contributed by atoms with Gasteiger partial charge in [-0.15, -0.1) is 0 Å². The summed E-state index contributed by atoms with van der Waals surface area (Å²) >= 11 is 11.1. The van der Waals surface area contributed by atoms with Gasteiger partial charge in [0.2, 0.25) is 0 Å². The zero-order valence-corrected chi connectivity index (χ0v) is 17.0. The number of carbonyl (C=O) groups excluding carboxylic acids is 2. The molecule has 0 bridgehead atoms. The molecule has 7 heteroatoms. The molecule has 3 aromatic carbocycles. The van der Waals surface area contributed by atoms with Gasteiger partial charge in [-0.1, -0.05) is 54.1 Å². The van der Waals surface area contributed by atoms with E-state index < -0.39 is 11.8 Å². The molecule has 1 N–H and O–H groups in total. The maximum Gasteiger partial charge on any atom is 0.270 e. The quantitative estimate of drug-likeness (QED) is 0.358. The predicted octanol–water partition coefficient (Wildman–Crippen LogP) is 4.98. The summed E-state index contributed by atoms with van der Waals surface area (Å²) in [5.41, 5.74) is 2.23. The summed E-state index contributed by atoms with van der Waals surface area (Å²) in [6.45, 7) is 0. The average Bonchev–Trinajstić information content (AvgIpc) is 2.73. The lowest BCUT2D eigenvalue weighted by Crippen LogP contribution is -2.54. The highest BCUT2D eigenvalue weighted by molar-refractivity contribution is 7.80. The van der Waals surface area contributed by atoms with Gasteiger partial charge in [0.15, 0.2) is 5.11 Å². The van der Waals surface area contributed by atoms with Crippen molar-refractivity contribution in [2.75, 3.05) is 4.90 Å². The average molecular weight is 437 g/mol. The second-order valence-corrected chi connectivity index (χ2v) is 7.36. The lowest BCUT2D eigenvalue weighted by atomic mass is 10.0. The molecule has 0 saturated carbocycles. The van der Waals surface area contributed by atoms with Crippen molar-refractivity contribution >= 4 is 52.5 Å². The van der Waals surface area contributed by atoms with Crippen LogP contribution >= 0.6 is 23.8 Å². The lowest BCUT2D eigenvalue weighted by Gasteiger charge is -2.28. The minimum Gasteiger partial charge on any atom is -0.298 e. The van der Waals surface area contributed by atoms with Gasteiger partial charge >= 0.3 is 0 Å². The summed E-state index contributed by atoms with van der Waals surface area (Å²) in [5, 5.41) is 3.05. The van der Waals surface area contributed by atoms with Crippen molar-refractivity contribution in [3.63, 3.8) is 0 Å². The van der Waals surface area contributed by atoms with Crippen LogP contribution in [0.3, 0.4) is 0 Å². The van der Waals surface area contributed by atoms with E-state index in [1.54, 1.807) is 66.7 Å². The summed E-state index contributed by atoms with van der Waals surface area (Å²) in [7, 11) is 0. The molecular weight excluding hydrogens is 423 g/mol. The monoisotopic (exact) mass is 436 g/mol. The van der Waals surface area contributed by atoms with Crippen LogP contribution in [0.1, 0.15) is 5.56 Å². The predicted molar refractivity (Wildman–Crippen MR) is 119 cm³/mol. The minimum absolute atomic E-state index is 0.000580.